The first-order valence-corrected chi connectivity index (χ1v) is 7.55. The lowest BCUT2D eigenvalue weighted by Gasteiger charge is -2.13. The van der Waals surface area contributed by atoms with Crippen molar-refractivity contribution in [3.05, 3.63) is 52.6 Å². The molecule has 24 heavy (non-hydrogen) atoms. The van der Waals surface area contributed by atoms with Gasteiger partial charge in [-0.3, -0.25) is 4.79 Å². The van der Waals surface area contributed by atoms with E-state index in [4.69, 9.17) is 14.7 Å². The van der Waals surface area contributed by atoms with Gasteiger partial charge in [-0.25, -0.2) is 4.79 Å². The Labute approximate surface area is 143 Å². The zero-order valence-electron chi connectivity index (χ0n) is 14.5. The smallest absolute Gasteiger partial charge is 0.368 e. The number of carboxylic acids is 1. The molecule has 0 heterocycles. The molecule has 0 radical (unpaired) electrons. The number of carbonyl (C=O) groups is 2. The number of carbonyl (C=O) groups excluding carboxylic acids is 1. The summed E-state index contributed by atoms with van der Waals surface area (Å²) in [5, 5.41) is 17.6. The SMILES string of the molecule is CC=Cc1cc(O)c(C=CC)c(C=CC)c1C=CC.O=CC(=O)O. The van der Waals surface area contributed by atoms with Gasteiger partial charge in [-0.05, 0) is 50.5 Å². The Morgan fingerprint density at radius 1 is 0.833 bits per heavy atom. The van der Waals surface area contributed by atoms with E-state index in [0.29, 0.717) is 5.75 Å². The Bertz CT molecular complexity index is 677. The summed E-state index contributed by atoms with van der Waals surface area (Å²) in [5.41, 5.74) is 4.07. The van der Waals surface area contributed by atoms with Crippen LogP contribution in [-0.2, 0) is 9.59 Å². The third-order valence-corrected chi connectivity index (χ3v) is 2.91. The molecule has 0 fully saturated rings. The number of hydrogen-bond acceptors (Lipinski definition) is 3. The van der Waals surface area contributed by atoms with Gasteiger partial charge in [0, 0.05) is 5.56 Å². The second-order valence-corrected chi connectivity index (χ2v) is 4.68. The van der Waals surface area contributed by atoms with Crippen LogP contribution in [-0.4, -0.2) is 22.5 Å². The monoisotopic (exact) mass is 328 g/mol. The number of phenolic OH excluding ortho intramolecular Hbond substituents is 1. The molecule has 0 unspecified atom stereocenters. The molecule has 4 nitrogen and oxygen atoms in total. The first kappa shape index (κ1) is 21.1. The summed E-state index contributed by atoms with van der Waals surface area (Å²) in [7, 11) is 0. The molecule has 0 amide bonds. The maximum absolute atomic E-state index is 10.2. The predicted molar refractivity (Wildman–Crippen MR) is 101 cm³/mol. The molecular formula is C20H24O4. The van der Waals surface area contributed by atoms with E-state index < -0.39 is 5.97 Å². The number of aromatic hydroxyl groups is 1. The minimum absolute atomic E-state index is 0.167. The highest BCUT2D eigenvalue weighted by Crippen LogP contribution is 2.32. The number of aldehydes is 1. The number of hydrogen-bond donors (Lipinski definition) is 2. The molecule has 0 aliphatic heterocycles. The van der Waals surface area contributed by atoms with Crippen LogP contribution in [0.25, 0.3) is 24.3 Å². The zero-order chi connectivity index (χ0) is 18.5. The molecule has 1 rings (SSSR count). The van der Waals surface area contributed by atoms with Crippen LogP contribution in [0.15, 0.2) is 30.4 Å². The van der Waals surface area contributed by atoms with Gasteiger partial charge < -0.3 is 10.2 Å². The third kappa shape index (κ3) is 6.48. The summed E-state index contributed by atoms with van der Waals surface area (Å²) in [6.45, 7) is 7.92. The Morgan fingerprint density at radius 3 is 1.67 bits per heavy atom. The Kier molecular flexibility index (Phi) is 10.3. The first-order valence-electron chi connectivity index (χ1n) is 7.55. The van der Waals surface area contributed by atoms with Crippen LogP contribution in [0, 0.1) is 0 Å². The quantitative estimate of drug-likeness (QED) is 0.601. The van der Waals surface area contributed by atoms with Crippen molar-refractivity contribution in [1.82, 2.24) is 0 Å². The number of aliphatic carboxylic acids is 1. The molecule has 0 atom stereocenters. The van der Waals surface area contributed by atoms with Crippen molar-refractivity contribution in [1.29, 1.82) is 0 Å². The highest BCUT2D eigenvalue weighted by Gasteiger charge is 2.11. The van der Waals surface area contributed by atoms with Crippen molar-refractivity contribution in [2.24, 2.45) is 0 Å². The van der Waals surface area contributed by atoms with Gasteiger partial charge in [-0.2, -0.15) is 0 Å². The molecule has 0 saturated carbocycles. The van der Waals surface area contributed by atoms with E-state index in [2.05, 4.69) is 6.08 Å². The maximum atomic E-state index is 10.2. The van der Waals surface area contributed by atoms with E-state index >= 15 is 0 Å². The predicted octanol–water partition coefficient (Wildman–Crippen LogP) is 4.79. The summed E-state index contributed by atoms with van der Waals surface area (Å²) in [4.78, 5) is 17.9. The van der Waals surface area contributed by atoms with Gasteiger partial charge in [0.1, 0.15) is 5.75 Å². The molecule has 128 valence electrons. The van der Waals surface area contributed by atoms with Crippen LogP contribution >= 0.6 is 0 Å². The lowest BCUT2D eigenvalue weighted by molar-refractivity contribution is -0.143. The van der Waals surface area contributed by atoms with Gasteiger partial charge in [0.25, 0.3) is 0 Å². The van der Waals surface area contributed by atoms with Crippen molar-refractivity contribution < 1.29 is 19.8 Å². The molecule has 0 spiro atoms. The Morgan fingerprint density at radius 2 is 1.25 bits per heavy atom. The van der Waals surface area contributed by atoms with E-state index in [0.717, 1.165) is 22.3 Å². The summed E-state index contributed by atoms with van der Waals surface area (Å²) in [6.07, 6.45) is 15.8. The highest BCUT2D eigenvalue weighted by atomic mass is 16.4. The number of allylic oxidation sites excluding steroid dienone is 4. The standard InChI is InChI=1S/C18H22O.C2H2O3/c1-5-9-14-13-18(19)17(12-8-4)16(11-7-3)15(14)10-6-2;3-1-2(4)5/h5-13,19H,1-4H3;1H,(H,4,5). The van der Waals surface area contributed by atoms with E-state index in [1.54, 1.807) is 0 Å². The normalized spacial score (nSPS) is 11.3. The van der Waals surface area contributed by atoms with Crippen molar-refractivity contribution in [2.75, 3.05) is 0 Å². The van der Waals surface area contributed by atoms with Crippen LogP contribution in [0.1, 0.15) is 49.9 Å². The molecule has 0 saturated heterocycles. The molecule has 2 N–H and O–H groups in total. The summed E-state index contributed by atoms with van der Waals surface area (Å²) in [6, 6.07) is 1.82. The molecule has 0 aromatic heterocycles. The summed E-state index contributed by atoms with van der Waals surface area (Å²) >= 11 is 0. The fraction of sp³-hybridized carbons (Fsp3) is 0.200. The lowest BCUT2D eigenvalue weighted by atomic mass is 9.93. The minimum atomic E-state index is -1.43. The number of carboxylic acid groups (broad SMARTS) is 1. The van der Waals surface area contributed by atoms with Crippen LogP contribution in [0.4, 0.5) is 0 Å². The Balaban J connectivity index is 0.000000922. The number of phenols is 1. The molecule has 4 heteroatoms. The third-order valence-electron chi connectivity index (χ3n) is 2.91. The van der Waals surface area contributed by atoms with Crippen molar-refractivity contribution in [3.8, 4) is 5.75 Å². The van der Waals surface area contributed by atoms with Gasteiger partial charge in [0.2, 0.25) is 6.29 Å². The summed E-state index contributed by atoms with van der Waals surface area (Å²) < 4.78 is 0. The fourth-order valence-corrected chi connectivity index (χ4v) is 2.10. The van der Waals surface area contributed by atoms with Gasteiger partial charge in [0.05, 0.1) is 0 Å². The van der Waals surface area contributed by atoms with Crippen LogP contribution in [0.2, 0.25) is 0 Å². The molecule has 1 aromatic rings. The van der Waals surface area contributed by atoms with E-state index in [9.17, 15) is 5.11 Å². The number of benzene rings is 1. The lowest BCUT2D eigenvalue weighted by Crippen LogP contribution is -1.92. The van der Waals surface area contributed by atoms with Crippen molar-refractivity contribution in [3.63, 3.8) is 0 Å². The van der Waals surface area contributed by atoms with Crippen LogP contribution < -0.4 is 0 Å². The van der Waals surface area contributed by atoms with Gasteiger partial charge in [-0.1, -0.05) is 48.6 Å². The van der Waals surface area contributed by atoms with Crippen molar-refractivity contribution in [2.45, 2.75) is 27.7 Å². The second kappa shape index (κ2) is 11.7. The van der Waals surface area contributed by atoms with Crippen LogP contribution in [0.5, 0.6) is 5.75 Å². The highest BCUT2D eigenvalue weighted by molar-refractivity contribution is 6.19. The van der Waals surface area contributed by atoms with Gasteiger partial charge >= 0.3 is 5.97 Å². The summed E-state index contributed by atoms with van der Waals surface area (Å²) in [5.74, 6) is -1.11. The second-order valence-electron chi connectivity index (χ2n) is 4.68. The minimum Gasteiger partial charge on any atom is -0.507 e. The van der Waals surface area contributed by atoms with E-state index in [1.807, 2.05) is 76.3 Å². The average molecular weight is 328 g/mol. The number of rotatable bonds is 5. The fourth-order valence-electron chi connectivity index (χ4n) is 2.10. The zero-order valence-corrected chi connectivity index (χ0v) is 14.5. The van der Waals surface area contributed by atoms with Gasteiger partial charge in [0.15, 0.2) is 0 Å². The average Bonchev–Trinajstić information content (AvgIpc) is 2.55. The first-order chi connectivity index (χ1) is 11.5. The van der Waals surface area contributed by atoms with Crippen LogP contribution in [0.3, 0.4) is 0 Å². The molecule has 1 aromatic carbocycles. The maximum Gasteiger partial charge on any atom is 0.368 e. The van der Waals surface area contributed by atoms with E-state index in [1.165, 1.54) is 0 Å². The molecule has 0 bridgehead atoms. The molecule has 0 aliphatic rings. The van der Waals surface area contributed by atoms with Gasteiger partial charge in [-0.15, -0.1) is 0 Å². The van der Waals surface area contributed by atoms with E-state index in [-0.39, 0.29) is 6.29 Å². The molecule has 0 aliphatic carbocycles. The van der Waals surface area contributed by atoms with Crippen molar-refractivity contribution >= 4 is 36.6 Å². The Hall–Kier alpha value is -2.88. The molecular weight excluding hydrogens is 304 g/mol. The topological polar surface area (TPSA) is 74.6 Å². The largest absolute Gasteiger partial charge is 0.507 e.